The lowest BCUT2D eigenvalue weighted by Gasteiger charge is -2.33. The number of thioether (sulfide) groups is 1. The summed E-state index contributed by atoms with van der Waals surface area (Å²) >= 11 is 1.51. The van der Waals surface area contributed by atoms with E-state index in [1.54, 1.807) is 0 Å². The Morgan fingerprint density at radius 1 is 1.12 bits per heavy atom. The van der Waals surface area contributed by atoms with Crippen LogP contribution in [0, 0.1) is 0 Å². The van der Waals surface area contributed by atoms with E-state index >= 15 is 0 Å². The van der Waals surface area contributed by atoms with Crippen molar-refractivity contribution in [3.05, 3.63) is 65.9 Å². The Morgan fingerprint density at radius 2 is 1.94 bits per heavy atom. The van der Waals surface area contributed by atoms with E-state index in [-0.39, 0.29) is 11.9 Å². The molecular formula is C26H27N5OS. The first-order chi connectivity index (χ1) is 16.2. The number of carbonyl (C=O) groups is 1. The first-order valence-electron chi connectivity index (χ1n) is 11.7. The third-order valence-electron chi connectivity index (χ3n) is 6.93. The van der Waals surface area contributed by atoms with E-state index < -0.39 is 0 Å². The largest absolute Gasteiger partial charge is 0.360 e. The fourth-order valence-electron chi connectivity index (χ4n) is 5.01. The Hall–Kier alpha value is -3.06. The monoisotopic (exact) mass is 457 g/mol. The second-order valence-electron chi connectivity index (χ2n) is 9.06. The molecule has 1 atom stereocenters. The van der Waals surface area contributed by atoms with Crippen LogP contribution in [-0.2, 0) is 11.2 Å². The number of fused-ring (bicyclic) bond motifs is 2. The van der Waals surface area contributed by atoms with Gasteiger partial charge < -0.3 is 9.88 Å². The van der Waals surface area contributed by atoms with Crippen molar-refractivity contribution in [2.75, 3.05) is 12.8 Å². The molecule has 2 heterocycles. The van der Waals surface area contributed by atoms with Gasteiger partial charge in [0.1, 0.15) is 0 Å². The van der Waals surface area contributed by atoms with Crippen molar-refractivity contribution < 1.29 is 4.79 Å². The summed E-state index contributed by atoms with van der Waals surface area (Å²) in [6, 6.07) is 17.4. The van der Waals surface area contributed by atoms with Crippen molar-refractivity contribution in [1.82, 2.24) is 24.6 Å². The number of aromatic amines is 1. The lowest BCUT2D eigenvalue weighted by Crippen LogP contribution is -2.34. The number of hydrogen-bond acceptors (Lipinski definition) is 4. The number of carbonyl (C=O) groups excluding carboxylic acids is 1. The molecular weight excluding hydrogens is 430 g/mol. The van der Waals surface area contributed by atoms with Gasteiger partial charge in [-0.15, -0.1) is 10.2 Å². The van der Waals surface area contributed by atoms with Gasteiger partial charge >= 0.3 is 0 Å². The molecule has 1 fully saturated rings. The highest BCUT2D eigenvalue weighted by Gasteiger charge is 2.32. The average Bonchev–Trinajstić information content (AvgIpc) is 3.47. The summed E-state index contributed by atoms with van der Waals surface area (Å²) in [7, 11) is 1.94. The van der Waals surface area contributed by atoms with Gasteiger partial charge in [-0.3, -0.25) is 9.36 Å². The van der Waals surface area contributed by atoms with E-state index in [0.717, 1.165) is 59.6 Å². The second-order valence-corrected chi connectivity index (χ2v) is 10.00. The van der Waals surface area contributed by atoms with Crippen LogP contribution in [0.5, 0.6) is 0 Å². The molecule has 2 aromatic carbocycles. The van der Waals surface area contributed by atoms with Crippen molar-refractivity contribution in [3.8, 4) is 11.4 Å². The first-order valence-corrected chi connectivity index (χ1v) is 12.7. The summed E-state index contributed by atoms with van der Waals surface area (Å²) in [4.78, 5) is 18.5. The standard InChI is InChI=1S/C26H27N5OS/c1-30(23-12-6-8-17-7-2-3-9-19(17)23)24(32)16-33-26-29-28-25(31(26)18-13-14-18)21-15-27-22-11-5-4-10-20(21)22/h2-5,7,9-11,15,18,23,27H,6,8,12-14,16H2,1H3/t23-/m0/s1. The van der Waals surface area contributed by atoms with E-state index in [1.165, 1.54) is 22.9 Å². The maximum absolute atomic E-state index is 13.2. The molecule has 0 saturated heterocycles. The molecule has 1 amide bonds. The summed E-state index contributed by atoms with van der Waals surface area (Å²) in [6.45, 7) is 0. The number of hydrogen-bond donors (Lipinski definition) is 1. The molecule has 7 heteroatoms. The minimum absolute atomic E-state index is 0.140. The zero-order chi connectivity index (χ0) is 22.4. The Bertz CT molecular complexity index is 1320. The molecule has 6 nitrogen and oxygen atoms in total. The normalized spacial score (nSPS) is 17.8. The third kappa shape index (κ3) is 3.74. The van der Waals surface area contributed by atoms with Crippen LogP contribution in [0.4, 0.5) is 0 Å². The van der Waals surface area contributed by atoms with Crippen molar-refractivity contribution >= 4 is 28.6 Å². The van der Waals surface area contributed by atoms with Gasteiger partial charge in [0.15, 0.2) is 11.0 Å². The van der Waals surface area contributed by atoms with E-state index in [2.05, 4.69) is 56.1 Å². The van der Waals surface area contributed by atoms with Crippen LogP contribution in [0.25, 0.3) is 22.3 Å². The number of amides is 1. The SMILES string of the molecule is CN(C(=O)CSc1nnc(-c2c[nH]c3ccccc23)n1C1CC1)[C@H]1CCCc2ccccc21. The Morgan fingerprint density at radius 3 is 2.82 bits per heavy atom. The minimum atomic E-state index is 0.140. The number of benzene rings is 2. The molecule has 2 aliphatic carbocycles. The van der Waals surface area contributed by atoms with Crippen LogP contribution in [0.3, 0.4) is 0 Å². The predicted octanol–water partition coefficient (Wildman–Crippen LogP) is 5.39. The van der Waals surface area contributed by atoms with E-state index in [1.807, 2.05) is 30.3 Å². The quantitative estimate of drug-likeness (QED) is 0.394. The van der Waals surface area contributed by atoms with Gasteiger partial charge in [-0.1, -0.05) is 54.2 Å². The zero-order valence-corrected chi connectivity index (χ0v) is 19.5. The number of H-pyrrole nitrogens is 1. The molecule has 0 bridgehead atoms. The number of rotatable bonds is 6. The van der Waals surface area contributed by atoms with Crippen LogP contribution in [0.1, 0.15) is 48.9 Å². The maximum atomic E-state index is 13.2. The summed E-state index contributed by atoms with van der Waals surface area (Å²) in [5.41, 5.74) is 4.83. The van der Waals surface area contributed by atoms with E-state index in [9.17, 15) is 4.79 Å². The van der Waals surface area contributed by atoms with Crippen molar-refractivity contribution in [1.29, 1.82) is 0 Å². The van der Waals surface area contributed by atoms with Gasteiger partial charge in [-0.25, -0.2) is 0 Å². The van der Waals surface area contributed by atoms with Crippen molar-refractivity contribution in [2.24, 2.45) is 0 Å². The predicted molar refractivity (Wildman–Crippen MR) is 131 cm³/mol. The van der Waals surface area contributed by atoms with Crippen LogP contribution >= 0.6 is 11.8 Å². The molecule has 2 aliphatic rings. The highest BCUT2D eigenvalue weighted by atomic mass is 32.2. The molecule has 0 unspecified atom stereocenters. The molecule has 0 aliphatic heterocycles. The van der Waals surface area contributed by atoms with Gasteiger partial charge in [0.2, 0.25) is 5.91 Å². The first kappa shape index (κ1) is 20.5. The topological polar surface area (TPSA) is 66.8 Å². The second kappa shape index (κ2) is 8.37. The number of aromatic nitrogens is 4. The molecule has 33 heavy (non-hydrogen) atoms. The minimum Gasteiger partial charge on any atom is -0.360 e. The summed E-state index contributed by atoms with van der Waals surface area (Å²) in [5, 5.41) is 11.1. The van der Waals surface area contributed by atoms with Crippen LogP contribution < -0.4 is 0 Å². The molecule has 1 saturated carbocycles. The zero-order valence-electron chi connectivity index (χ0n) is 18.7. The van der Waals surface area contributed by atoms with Crippen LogP contribution in [-0.4, -0.2) is 43.4 Å². The third-order valence-corrected chi connectivity index (χ3v) is 7.86. The molecule has 0 spiro atoms. The summed E-state index contributed by atoms with van der Waals surface area (Å²) in [5.74, 6) is 1.40. The Kier molecular flexibility index (Phi) is 5.21. The van der Waals surface area contributed by atoms with Crippen LogP contribution in [0.15, 0.2) is 59.9 Å². The fraction of sp³-hybridized carbons (Fsp3) is 0.346. The van der Waals surface area contributed by atoms with Gasteiger partial charge in [0, 0.05) is 35.8 Å². The van der Waals surface area contributed by atoms with Gasteiger partial charge in [0.05, 0.1) is 11.8 Å². The van der Waals surface area contributed by atoms with Crippen molar-refractivity contribution in [2.45, 2.75) is 49.3 Å². The molecule has 6 rings (SSSR count). The summed E-state index contributed by atoms with van der Waals surface area (Å²) < 4.78 is 2.24. The number of nitrogens with zero attached hydrogens (tertiary/aromatic N) is 4. The lowest BCUT2D eigenvalue weighted by atomic mass is 9.87. The maximum Gasteiger partial charge on any atom is 0.233 e. The van der Waals surface area contributed by atoms with Crippen LogP contribution in [0.2, 0.25) is 0 Å². The fourth-order valence-corrected chi connectivity index (χ4v) is 5.94. The van der Waals surface area contributed by atoms with Gasteiger partial charge in [-0.05, 0) is 49.3 Å². The molecule has 0 radical (unpaired) electrons. The van der Waals surface area contributed by atoms with Gasteiger partial charge in [-0.2, -0.15) is 0 Å². The molecule has 168 valence electrons. The smallest absolute Gasteiger partial charge is 0.233 e. The highest BCUT2D eigenvalue weighted by molar-refractivity contribution is 7.99. The number of nitrogens with one attached hydrogen (secondary N) is 1. The van der Waals surface area contributed by atoms with E-state index in [0.29, 0.717) is 11.8 Å². The summed E-state index contributed by atoms with van der Waals surface area (Å²) in [6.07, 6.45) is 7.52. The Balaban J connectivity index is 1.22. The lowest BCUT2D eigenvalue weighted by molar-refractivity contribution is -0.129. The highest BCUT2D eigenvalue weighted by Crippen LogP contribution is 2.42. The molecule has 4 aromatic rings. The molecule has 1 N–H and O–H groups in total. The number of para-hydroxylation sites is 1. The van der Waals surface area contributed by atoms with Crippen molar-refractivity contribution in [3.63, 3.8) is 0 Å². The Labute approximate surface area is 197 Å². The number of aryl methyl sites for hydroxylation is 1. The van der Waals surface area contributed by atoms with E-state index in [4.69, 9.17) is 0 Å². The average molecular weight is 458 g/mol. The molecule has 2 aromatic heterocycles. The van der Waals surface area contributed by atoms with Gasteiger partial charge in [0.25, 0.3) is 0 Å².